The number of aryl methyl sites for hydroxylation is 2. The third kappa shape index (κ3) is 13.2. The fourth-order valence-corrected chi connectivity index (χ4v) is 6.98. The molecule has 14 nitrogen and oxygen atoms in total. The first-order valence-corrected chi connectivity index (χ1v) is 21.4. The maximum absolute atomic E-state index is 13.6. The predicted molar refractivity (Wildman–Crippen MR) is 252 cm³/mol. The van der Waals surface area contributed by atoms with Gasteiger partial charge in [0.15, 0.2) is 11.6 Å². The van der Waals surface area contributed by atoms with Gasteiger partial charge < -0.3 is 21.3 Å². The number of nitrogens with one attached hydrogen (secondary N) is 4. The number of carbonyl (C=O) groups excluding carboxylic acids is 6. The smallest absolute Gasteiger partial charge is 0.258 e. The van der Waals surface area contributed by atoms with Gasteiger partial charge in [0, 0.05) is 43.9 Å². The van der Waals surface area contributed by atoms with Crippen LogP contribution in [0, 0.1) is 0 Å². The zero-order valence-electron chi connectivity index (χ0n) is 34.2. The first-order chi connectivity index (χ1) is 30.3. The number of rotatable bonds is 16. The molecule has 5 rings (SSSR count). The highest BCUT2D eigenvalue weighted by Gasteiger charge is 2.27. The lowest BCUT2D eigenvalue weighted by atomic mass is 10.0. The number of azo groups is 2. The van der Waals surface area contributed by atoms with Gasteiger partial charge in [0.05, 0.1) is 31.5 Å². The van der Waals surface area contributed by atoms with E-state index in [-0.39, 0.29) is 42.6 Å². The number of carbonyl (C=O) groups is 6. The summed E-state index contributed by atoms with van der Waals surface area (Å²) in [5, 5.41) is 28.4. The van der Waals surface area contributed by atoms with Crippen LogP contribution in [0.4, 0.5) is 34.1 Å². The van der Waals surface area contributed by atoms with Crippen LogP contribution in [-0.2, 0) is 32.0 Å². The van der Waals surface area contributed by atoms with Crippen molar-refractivity contribution in [3.8, 4) is 0 Å². The van der Waals surface area contributed by atoms with E-state index < -0.39 is 47.3 Å². The maximum atomic E-state index is 13.6. The van der Waals surface area contributed by atoms with Gasteiger partial charge in [-0.15, -0.1) is 0 Å². The number of nitrogens with zero attached hydrogens (tertiary/aromatic N) is 4. The second-order valence-corrected chi connectivity index (χ2v) is 16.4. The number of hydrogen-bond acceptors (Lipinski definition) is 10. The number of Topliss-reactive ketones (excluding diaryl/α,β-unsaturated/α-hetero) is 2. The molecule has 5 aromatic rings. The summed E-state index contributed by atoms with van der Waals surface area (Å²) in [6.07, 6.45) is 0.749. The highest BCUT2D eigenvalue weighted by atomic mass is 35.5. The summed E-state index contributed by atoms with van der Waals surface area (Å²) < 4.78 is 0. The van der Waals surface area contributed by atoms with Gasteiger partial charge in [-0.3, -0.25) is 28.8 Å². The molecule has 0 saturated heterocycles. The molecule has 5 aromatic carbocycles. The maximum Gasteiger partial charge on any atom is 0.258 e. The molecule has 0 aliphatic heterocycles. The molecule has 20 heteroatoms. The highest BCUT2D eigenvalue weighted by molar-refractivity contribution is 6.42. The molecule has 0 heterocycles. The first kappa shape index (κ1) is 49.3. The monoisotopic (exact) mass is 982 g/mol. The van der Waals surface area contributed by atoms with Crippen molar-refractivity contribution in [1.82, 2.24) is 0 Å². The van der Waals surface area contributed by atoms with Gasteiger partial charge in [0.2, 0.25) is 12.1 Å². The molecule has 0 radical (unpaired) electrons. The van der Waals surface area contributed by atoms with E-state index in [0.717, 1.165) is 0 Å². The van der Waals surface area contributed by atoms with Crippen LogP contribution < -0.4 is 21.3 Å². The van der Waals surface area contributed by atoms with Crippen LogP contribution in [0.15, 0.2) is 105 Å². The Balaban J connectivity index is 1.30. The second kappa shape index (κ2) is 22.2. The molecule has 0 aromatic heterocycles. The van der Waals surface area contributed by atoms with Gasteiger partial charge in [-0.25, -0.2) is 0 Å². The molecule has 4 amide bonds. The Bertz CT molecular complexity index is 2720. The molecule has 0 spiro atoms. The van der Waals surface area contributed by atoms with Crippen molar-refractivity contribution in [1.29, 1.82) is 0 Å². The Hall–Kier alpha value is -5.74. The van der Waals surface area contributed by atoms with Crippen molar-refractivity contribution in [3.05, 3.63) is 137 Å². The molecule has 0 fully saturated rings. The zero-order valence-corrected chi connectivity index (χ0v) is 38.7. The first-order valence-electron chi connectivity index (χ1n) is 19.1. The lowest BCUT2D eigenvalue weighted by Gasteiger charge is -2.19. The summed E-state index contributed by atoms with van der Waals surface area (Å²) in [7, 11) is 0. The predicted octanol–water partition coefficient (Wildman–Crippen LogP) is 12.6. The van der Waals surface area contributed by atoms with E-state index in [9.17, 15) is 28.8 Å². The van der Waals surface area contributed by atoms with Crippen molar-refractivity contribution in [2.75, 3.05) is 21.3 Å². The third-order valence-electron chi connectivity index (χ3n) is 9.07. The van der Waals surface area contributed by atoms with Gasteiger partial charge in [-0.05, 0) is 123 Å². The SMILES string of the molecule is CCc1cc(NC(=O)C(N=Nc2cc(Cl)cc(C(=O)Nc3ccc(Cl)c(Cl)c3)c2)C(C)=O)cc(CC)c1NC(=O)C(N=Nc1cc(Cl)cc(C(=O)Nc2ccc(Cl)c(Cl)c2)c1)C(C)=O. The van der Waals surface area contributed by atoms with Gasteiger partial charge in [-0.2, -0.15) is 20.5 Å². The van der Waals surface area contributed by atoms with Crippen LogP contribution in [-0.4, -0.2) is 47.3 Å². The van der Waals surface area contributed by atoms with Crippen molar-refractivity contribution >= 4 is 139 Å². The molecule has 330 valence electrons. The molecule has 0 saturated carbocycles. The Kier molecular flexibility index (Phi) is 17.1. The minimum Gasteiger partial charge on any atom is -0.324 e. The second-order valence-electron chi connectivity index (χ2n) is 13.9. The van der Waals surface area contributed by atoms with Crippen molar-refractivity contribution in [3.63, 3.8) is 0 Å². The summed E-state index contributed by atoms with van der Waals surface area (Å²) in [6.45, 7) is 6.00. The minimum absolute atomic E-state index is 0.0944. The lowest BCUT2D eigenvalue weighted by molar-refractivity contribution is -0.127. The van der Waals surface area contributed by atoms with Gasteiger partial charge in [-0.1, -0.05) is 83.5 Å². The highest BCUT2D eigenvalue weighted by Crippen LogP contribution is 2.31. The van der Waals surface area contributed by atoms with Gasteiger partial charge in [0.25, 0.3) is 23.6 Å². The van der Waals surface area contributed by atoms with Crippen LogP contribution in [0.3, 0.4) is 0 Å². The van der Waals surface area contributed by atoms with Crippen molar-refractivity contribution in [2.45, 2.75) is 52.6 Å². The van der Waals surface area contributed by atoms with E-state index in [4.69, 9.17) is 69.6 Å². The molecular weight excluding hydrogens is 949 g/mol. The van der Waals surface area contributed by atoms with Crippen molar-refractivity contribution in [2.24, 2.45) is 20.5 Å². The van der Waals surface area contributed by atoms with Crippen molar-refractivity contribution < 1.29 is 28.8 Å². The molecular formula is C44H36Cl6N8O6. The fraction of sp³-hybridized carbons (Fsp3) is 0.182. The van der Waals surface area contributed by atoms with E-state index in [1.54, 1.807) is 24.3 Å². The quantitative estimate of drug-likeness (QED) is 0.0560. The van der Waals surface area contributed by atoms with E-state index in [0.29, 0.717) is 56.8 Å². The Labute approximate surface area is 397 Å². The zero-order chi connectivity index (χ0) is 46.8. The standard InChI is InChI=1S/C44H36Cl6N8O6/c1-5-23-13-31(53-43(63)38(21(3)59)57-55-32-15-25(11-27(45)17-32)41(61)51-29-7-9-34(47)36(49)19-29)14-24(6-2)40(23)54-44(64)39(22(4)60)58-56-33-16-26(12-28(46)18-33)42(62)52-30-8-10-35(48)37(50)20-30/h7-20,38-39H,5-6H2,1-4H3,(H,51,61)(H,52,62)(H,53,63)(H,54,64). The summed E-state index contributed by atoms with van der Waals surface area (Å²) in [5.74, 6) is -3.92. The average Bonchev–Trinajstić information content (AvgIpc) is 3.23. The molecule has 0 aliphatic rings. The van der Waals surface area contributed by atoms with Crippen LogP contribution in [0.1, 0.15) is 59.5 Å². The van der Waals surface area contributed by atoms with E-state index in [2.05, 4.69) is 41.7 Å². The minimum atomic E-state index is -1.59. The molecule has 0 aliphatic carbocycles. The number of hydrogen-bond donors (Lipinski definition) is 4. The summed E-state index contributed by atoms with van der Waals surface area (Å²) in [4.78, 5) is 78.6. The molecule has 64 heavy (non-hydrogen) atoms. The number of halogens is 6. The Morgan fingerprint density at radius 3 is 1.27 bits per heavy atom. The van der Waals surface area contributed by atoms with E-state index >= 15 is 0 Å². The van der Waals surface area contributed by atoms with Crippen LogP contribution in [0.2, 0.25) is 30.1 Å². The summed E-state index contributed by atoms with van der Waals surface area (Å²) in [5.41, 5.74) is 3.02. The molecule has 2 atom stereocenters. The number of ketones is 2. The summed E-state index contributed by atoms with van der Waals surface area (Å²) >= 11 is 36.6. The number of benzene rings is 5. The molecule has 2 unspecified atom stereocenters. The third-order valence-corrected chi connectivity index (χ3v) is 11.0. The largest absolute Gasteiger partial charge is 0.324 e. The Morgan fingerprint density at radius 2 is 0.891 bits per heavy atom. The number of anilines is 4. The van der Waals surface area contributed by atoms with Crippen LogP contribution in [0.25, 0.3) is 0 Å². The van der Waals surface area contributed by atoms with E-state index in [1.807, 2.05) is 13.8 Å². The molecule has 4 N–H and O–H groups in total. The topological polar surface area (TPSA) is 200 Å². The normalized spacial score (nSPS) is 12.2. The Morgan fingerprint density at radius 1 is 0.484 bits per heavy atom. The fourth-order valence-electron chi connectivity index (χ4n) is 5.93. The van der Waals surface area contributed by atoms with Crippen LogP contribution >= 0.6 is 69.6 Å². The average molecular weight is 986 g/mol. The lowest BCUT2D eigenvalue weighted by Crippen LogP contribution is -2.33. The van der Waals surface area contributed by atoms with E-state index in [1.165, 1.54) is 74.5 Å². The van der Waals surface area contributed by atoms with Gasteiger partial charge in [0.1, 0.15) is 0 Å². The van der Waals surface area contributed by atoms with Crippen LogP contribution in [0.5, 0.6) is 0 Å². The summed E-state index contributed by atoms with van der Waals surface area (Å²) in [6, 6.07) is 17.5. The number of amides is 4. The molecule has 0 bridgehead atoms. The van der Waals surface area contributed by atoms with Gasteiger partial charge >= 0.3 is 0 Å².